The maximum Gasteiger partial charge on any atom is 0.222 e. The van der Waals surface area contributed by atoms with Gasteiger partial charge in [-0.25, -0.2) is 15.0 Å². The van der Waals surface area contributed by atoms with Crippen molar-refractivity contribution >= 4 is 27.5 Å². The first-order valence-electron chi connectivity index (χ1n) is 7.14. The van der Waals surface area contributed by atoms with E-state index in [4.69, 9.17) is 5.26 Å². The normalized spacial score (nSPS) is 10.5. The maximum absolute atomic E-state index is 9.05. The highest BCUT2D eigenvalue weighted by molar-refractivity contribution is 7.21. The van der Waals surface area contributed by atoms with Crippen LogP contribution in [-0.2, 0) is 6.42 Å². The molecular formula is C16H15N5S. The third-order valence-electron chi connectivity index (χ3n) is 3.17. The van der Waals surface area contributed by atoms with Crippen molar-refractivity contribution in [1.29, 1.82) is 5.26 Å². The summed E-state index contributed by atoms with van der Waals surface area (Å²) in [6.45, 7) is 2.89. The van der Waals surface area contributed by atoms with Crippen LogP contribution in [0.15, 0.2) is 30.5 Å². The Morgan fingerprint density at radius 3 is 2.91 bits per heavy atom. The van der Waals surface area contributed by atoms with Gasteiger partial charge in [-0.15, -0.1) is 11.3 Å². The molecule has 3 rings (SSSR count). The van der Waals surface area contributed by atoms with Crippen LogP contribution in [0, 0.1) is 11.3 Å². The van der Waals surface area contributed by atoms with E-state index < -0.39 is 0 Å². The molecule has 0 aliphatic carbocycles. The maximum atomic E-state index is 9.05. The van der Waals surface area contributed by atoms with Crippen LogP contribution >= 0.6 is 11.3 Å². The Morgan fingerprint density at radius 1 is 1.27 bits per heavy atom. The number of thiazole rings is 1. The lowest BCUT2D eigenvalue weighted by Crippen LogP contribution is -2.06. The van der Waals surface area contributed by atoms with Gasteiger partial charge in [-0.3, -0.25) is 0 Å². The van der Waals surface area contributed by atoms with Crippen molar-refractivity contribution in [2.24, 2.45) is 0 Å². The number of para-hydroxylation sites is 1. The molecule has 0 saturated heterocycles. The molecule has 5 nitrogen and oxygen atoms in total. The fourth-order valence-corrected chi connectivity index (χ4v) is 3.11. The lowest BCUT2D eigenvalue weighted by molar-refractivity contribution is 0.942. The van der Waals surface area contributed by atoms with E-state index in [1.54, 1.807) is 17.5 Å². The zero-order chi connectivity index (χ0) is 15.4. The third kappa shape index (κ3) is 2.90. The second kappa shape index (κ2) is 6.50. The SMILES string of the molecule is CCCNc1ncc(-c2nc3ccccc3s2)c(CC#N)n1. The summed E-state index contributed by atoms with van der Waals surface area (Å²) in [6, 6.07) is 10.2. The quantitative estimate of drug-likeness (QED) is 0.778. The number of anilines is 1. The summed E-state index contributed by atoms with van der Waals surface area (Å²) in [5.41, 5.74) is 2.51. The molecule has 0 unspecified atom stereocenters. The van der Waals surface area contributed by atoms with E-state index in [0.29, 0.717) is 5.95 Å². The number of nitrogens with one attached hydrogen (secondary N) is 1. The molecular weight excluding hydrogens is 294 g/mol. The molecule has 0 bridgehead atoms. The van der Waals surface area contributed by atoms with Crippen LogP contribution in [0.2, 0.25) is 0 Å². The van der Waals surface area contributed by atoms with E-state index in [1.807, 2.05) is 24.3 Å². The highest BCUT2D eigenvalue weighted by Gasteiger charge is 2.13. The summed E-state index contributed by atoms with van der Waals surface area (Å²) in [6.07, 6.45) is 3.00. The van der Waals surface area contributed by atoms with E-state index in [1.165, 1.54) is 0 Å². The molecule has 0 spiro atoms. The third-order valence-corrected chi connectivity index (χ3v) is 4.24. The standard InChI is InChI=1S/C16H15N5S/c1-2-9-18-16-19-10-11(12(21-16)7-8-17)15-20-13-5-3-4-6-14(13)22-15/h3-6,10H,2,7,9H2,1H3,(H,18,19,21). The predicted molar refractivity (Wildman–Crippen MR) is 88.7 cm³/mol. The zero-order valence-corrected chi connectivity index (χ0v) is 13.0. The van der Waals surface area contributed by atoms with Crippen molar-refractivity contribution < 1.29 is 0 Å². The highest BCUT2D eigenvalue weighted by atomic mass is 32.1. The minimum Gasteiger partial charge on any atom is -0.354 e. The number of nitriles is 1. The number of rotatable bonds is 5. The average Bonchev–Trinajstić information content (AvgIpc) is 2.97. The Kier molecular flexibility index (Phi) is 4.26. The van der Waals surface area contributed by atoms with Crippen LogP contribution in [0.3, 0.4) is 0 Å². The predicted octanol–water partition coefficient (Wildman–Crippen LogP) is 3.64. The first-order chi connectivity index (χ1) is 10.8. The molecule has 1 N–H and O–H groups in total. The Labute approximate surface area is 132 Å². The minimum atomic E-state index is 0.245. The van der Waals surface area contributed by atoms with Crippen LogP contribution in [0.25, 0.3) is 20.8 Å². The van der Waals surface area contributed by atoms with Gasteiger partial charge in [0.1, 0.15) is 5.01 Å². The molecule has 6 heteroatoms. The van der Waals surface area contributed by atoms with Crippen LogP contribution in [-0.4, -0.2) is 21.5 Å². The lowest BCUT2D eigenvalue weighted by Gasteiger charge is -2.07. The van der Waals surface area contributed by atoms with Gasteiger partial charge >= 0.3 is 0 Å². The van der Waals surface area contributed by atoms with Gasteiger partial charge in [0.15, 0.2) is 0 Å². The van der Waals surface area contributed by atoms with E-state index in [-0.39, 0.29) is 6.42 Å². The average molecular weight is 309 g/mol. The van der Waals surface area contributed by atoms with Gasteiger partial charge < -0.3 is 5.32 Å². The van der Waals surface area contributed by atoms with E-state index in [9.17, 15) is 0 Å². The summed E-state index contributed by atoms with van der Waals surface area (Å²) in [4.78, 5) is 13.4. The fraction of sp³-hybridized carbons (Fsp3) is 0.250. The smallest absolute Gasteiger partial charge is 0.222 e. The van der Waals surface area contributed by atoms with E-state index >= 15 is 0 Å². The zero-order valence-electron chi connectivity index (χ0n) is 12.2. The number of fused-ring (bicyclic) bond motifs is 1. The molecule has 0 fully saturated rings. The molecule has 110 valence electrons. The molecule has 2 aromatic heterocycles. The Hall–Kier alpha value is -2.52. The van der Waals surface area contributed by atoms with Crippen LogP contribution < -0.4 is 5.32 Å². The highest BCUT2D eigenvalue weighted by Crippen LogP contribution is 2.31. The van der Waals surface area contributed by atoms with E-state index in [2.05, 4.69) is 33.3 Å². The van der Waals surface area contributed by atoms with E-state index in [0.717, 1.165) is 39.4 Å². The Balaban J connectivity index is 2.03. The number of benzene rings is 1. The summed E-state index contributed by atoms with van der Waals surface area (Å²) >= 11 is 1.59. The van der Waals surface area contributed by atoms with Gasteiger partial charge in [0.25, 0.3) is 0 Å². The van der Waals surface area contributed by atoms with Gasteiger partial charge in [0.05, 0.1) is 34.0 Å². The van der Waals surface area contributed by atoms with Crippen molar-refractivity contribution in [2.75, 3.05) is 11.9 Å². The van der Waals surface area contributed by atoms with Gasteiger partial charge in [0, 0.05) is 12.7 Å². The lowest BCUT2D eigenvalue weighted by atomic mass is 10.2. The molecule has 1 aromatic carbocycles. The summed E-state index contributed by atoms with van der Waals surface area (Å²) in [5.74, 6) is 0.567. The molecule has 0 radical (unpaired) electrons. The second-order valence-electron chi connectivity index (χ2n) is 4.80. The van der Waals surface area contributed by atoms with Crippen molar-refractivity contribution in [3.05, 3.63) is 36.2 Å². The molecule has 0 aliphatic heterocycles. The minimum absolute atomic E-state index is 0.245. The van der Waals surface area contributed by atoms with Crippen molar-refractivity contribution in [2.45, 2.75) is 19.8 Å². The molecule has 0 amide bonds. The van der Waals surface area contributed by atoms with Gasteiger partial charge in [0.2, 0.25) is 5.95 Å². The number of aromatic nitrogens is 3. The van der Waals surface area contributed by atoms with Crippen LogP contribution in [0.5, 0.6) is 0 Å². The number of hydrogen-bond donors (Lipinski definition) is 1. The molecule has 0 aliphatic rings. The molecule has 2 heterocycles. The largest absolute Gasteiger partial charge is 0.354 e. The van der Waals surface area contributed by atoms with Crippen LogP contribution in [0.4, 0.5) is 5.95 Å². The first kappa shape index (κ1) is 14.4. The van der Waals surface area contributed by atoms with Gasteiger partial charge in [-0.1, -0.05) is 19.1 Å². The van der Waals surface area contributed by atoms with Crippen LogP contribution in [0.1, 0.15) is 19.0 Å². The first-order valence-corrected chi connectivity index (χ1v) is 7.96. The monoisotopic (exact) mass is 309 g/mol. The van der Waals surface area contributed by atoms with Crippen molar-refractivity contribution in [3.8, 4) is 16.6 Å². The summed E-state index contributed by atoms with van der Waals surface area (Å²) in [7, 11) is 0. The second-order valence-corrected chi connectivity index (χ2v) is 5.83. The van der Waals surface area contributed by atoms with Gasteiger partial charge in [-0.2, -0.15) is 5.26 Å². The summed E-state index contributed by atoms with van der Waals surface area (Å²) < 4.78 is 1.12. The Bertz CT molecular complexity index is 801. The summed E-state index contributed by atoms with van der Waals surface area (Å²) in [5, 5.41) is 13.1. The number of hydrogen-bond acceptors (Lipinski definition) is 6. The fourth-order valence-electron chi connectivity index (χ4n) is 2.11. The van der Waals surface area contributed by atoms with Crippen molar-refractivity contribution in [1.82, 2.24) is 15.0 Å². The molecule has 0 saturated carbocycles. The topological polar surface area (TPSA) is 74.5 Å². The molecule has 22 heavy (non-hydrogen) atoms. The van der Waals surface area contributed by atoms with Gasteiger partial charge in [-0.05, 0) is 18.6 Å². The van der Waals surface area contributed by atoms with Crippen molar-refractivity contribution in [3.63, 3.8) is 0 Å². The Morgan fingerprint density at radius 2 is 2.14 bits per heavy atom. The number of nitrogens with zero attached hydrogens (tertiary/aromatic N) is 4. The molecule has 3 aromatic rings. The molecule has 0 atom stereocenters.